The first kappa shape index (κ1) is 13.4. The molecule has 4 nitrogen and oxygen atoms in total. The molecule has 0 aliphatic carbocycles. The van der Waals surface area contributed by atoms with Gasteiger partial charge < -0.3 is 15.3 Å². The van der Waals surface area contributed by atoms with Crippen LogP contribution in [0.25, 0.3) is 0 Å². The molecule has 1 aromatic rings. The van der Waals surface area contributed by atoms with Crippen LogP contribution in [-0.2, 0) is 0 Å². The first-order valence-corrected chi connectivity index (χ1v) is 5.59. The minimum Gasteiger partial charge on any atom is -0.504 e. The van der Waals surface area contributed by atoms with Crippen molar-refractivity contribution in [3.8, 4) is 11.5 Å². The Hall–Kier alpha value is -1.71. The lowest BCUT2D eigenvalue weighted by molar-refractivity contribution is 0.0691. The summed E-state index contributed by atoms with van der Waals surface area (Å²) in [4.78, 5) is 11.2. The number of phenols is 2. The molecular weight excluding hydrogens is 220 g/mol. The average Bonchev–Trinajstić information content (AvgIpc) is 2.19. The van der Waals surface area contributed by atoms with E-state index in [1.165, 1.54) is 6.07 Å². The topological polar surface area (TPSA) is 77.8 Å². The Morgan fingerprint density at radius 3 is 2.00 bits per heavy atom. The summed E-state index contributed by atoms with van der Waals surface area (Å²) in [6.45, 7) is 7.57. The molecule has 0 fully saturated rings. The highest BCUT2D eigenvalue weighted by Gasteiger charge is 2.25. The Labute approximate surface area is 101 Å². The first-order chi connectivity index (χ1) is 7.77. The third kappa shape index (κ3) is 2.35. The van der Waals surface area contributed by atoms with Gasteiger partial charge in [-0.3, -0.25) is 0 Å². The SMILES string of the molecule is CC(C)c1cc(O)c(O)c(C(=O)O)c1C(C)C. The smallest absolute Gasteiger partial charge is 0.339 e. The zero-order valence-corrected chi connectivity index (χ0v) is 10.5. The summed E-state index contributed by atoms with van der Waals surface area (Å²) in [5.41, 5.74) is 1.15. The van der Waals surface area contributed by atoms with E-state index in [2.05, 4.69) is 0 Å². The summed E-state index contributed by atoms with van der Waals surface area (Å²) in [5.74, 6) is -2.10. The van der Waals surface area contributed by atoms with Gasteiger partial charge in [0, 0.05) is 0 Å². The van der Waals surface area contributed by atoms with Gasteiger partial charge in [0.05, 0.1) is 0 Å². The zero-order chi connectivity index (χ0) is 13.3. The van der Waals surface area contributed by atoms with E-state index in [0.29, 0.717) is 5.56 Å². The molecule has 17 heavy (non-hydrogen) atoms. The number of carbonyl (C=O) groups is 1. The third-order valence-corrected chi connectivity index (χ3v) is 2.77. The van der Waals surface area contributed by atoms with Crippen molar-refractivity contribution < 1.29 is 20.1 Å². The molecular formula is C13H18O4. The fourth-order valence-corrected chi connectivity index (χ4v) is 2.01. The van der Waals surface area contributed by atoms with Gasteiger partial charge in [-0.05, 0) is 29.0 Å². The van der Waals surface area contributed by atoms with Crippen LogP contribution in [0.3, 0.4) is 0 Å². The second-order valence-electron chi connectivity index (χ2n) is 4.74. The maximum absolute atomic E-state index is 11.2. The quantitative estimate of drug-likeness (QED) is 0.707. The molecule has 0 saturated heterocycles. The predicted molar refractivity (Wildman–Crippen MR) is 64.9 cm³/mol. The van der Waals surface area contributed by atoms with Crippen molar-refractivity contribution >= 4 is 5.97 Å². The highest BCUT2D eigenvalue weighted by Crippen LogP contribution is 2.40. The van der Waals surface area contributed by atoms with E-state index in [-0.39, 0.29) is 23.1 Å². The third-order valence-electron chi connectivity index (χ3n) is 2.77. The normalized spacial score (nSPS) is 11.2. The molecule has 0 heterocycles. The minimum atomic E-state index is -1.22. The van der Waals surface area contributed by atoms with Crippen molar-refractivity contribution in [2.75, 3.05) is 0 Å². The molecule has 0 aliphatic rings. The van der Waals surface area contributed by atoms with Gasteiger partial charge in [0.2, 0.25) is 0 Å². The van der Waals surface area contributed by atoms with Crippen LogP contribution in [0.15, 0.2) is 6.07 Å². The summed E-state index contributed by atoms with van der Waals surface area (Å²) < 4.78 is 0. The zero-order valence-electron chi connectivity index (χ0n) is 10.5. The first-order valence-electron chi connectivity index (χ1n) is 5.59. The predicted octanol–water partition coefficient (Wildman–Crippen LogP) is 3.04. The van der Waals surface area contributed by atoms with Gasteiger partial charge in [0.15, 0.2) is 11.5 Å². The highest BCUT2D eigenvalue weighted by atomic mass is 16.4. The van der Waals surface area contributed by atoms with Crippen molar-refractivity contribution in [1.82, 2.24) is 0 Å². The monoisotopic (exact) mass is 238 g/mol. The maximum Gasteiger partial charge on any atom is 0.339 e. The summed E-state index contributed by atoms with van der Waals surface area (Å²) >= 11 is 0. The number of rotatable bonds is 3. The van der Waals surface area contributed by atoms with E-state index >= 15 is 0 Å². The lowest BCUT2D eigenvalue weighted by atomic mass is 9.86. The summed E-state index contributed by atoms with van der Waals surface area (Å²) in [7, 11) is 0. The largest absolute Gasteiger partial charge is 0.504 e. The molecule has 0 radical (unpaired) electrons. The molecule has 0 bridgehead atoms. The summed E-state index contributed by atoms with van der Waals surface area (Å²) in [6.07, 6.45) is 0. The Morgan fingerprint density at radius 2 is 1.65 bits per heavy atom. The molecule has 0 aliphatic heterocycles. The van der Waals surface area contributed by atoms with Crippen LogP contribution in [0.2, 0.25) is 0 Å². The molecule has 1 aromatic carbocycles. The van der Waals surface area contributed by atoms with Gasteiger partial charge in [-0.1, -0.05) is 27.7 Å². The molecule has 0 atom stereocenters. The fourth-order valence-electron chi connectivity index (χ4n) is 2.01. The van der Waals surface area contributed by atoms with Crippen LogP contribution in [0, 0.1) is 0 Å². The molecule has 0 saturated carbocycles. The Kier molecular flexibility index (Phi) is 3.66. The van der Waals surface area contributed by atoms with E-state index < -0.39 is 11.7 Å². The van der Waals surface area contributed by atoms with Gasteiger partial charge >= 0.3 is 5.97 Å². The minimum absolute atomic E-state index is 0.0370. The molecule has 0 spiro atoms. The molecule has 3 N–H and O–H groups in total. The van der Waals surface area contributed by atoms with Gasteiger partial charge in [0.25, 0.3) is 0 Å². The van der Waals surface area contributed by atoms with Crippen LogP contribution in [0.4, 0.5) is 0 Å². The standard InChI is InChI=1S/C13H18O4/c1-6(2)8-5-9(14)12(15)11(13(16)17)10(8)7(3)4/h5-7,14-15H,1-4H3,(H,16,17). The number of hydrogen-bond donors (Lipinski definition) is 3. The van der Waals surface area contributed by atoms with Gasteiger partial charge in [-0.2, -0.15) is 0 Å². The van der Waals surface area contributed by atoms with Gasteiger partial charge in [0.1, 0.15) is 5.56 Å². The highest BCUT2D eigenvalue weighted by molar-refractivity contribution is 5.94. The Morgan fingerprint density at radius 1 is 1.12 bits per heavy atom. The average molecular weight is 238 g/mol. The number of aromatic carboxylic acids is 1. The van der Waals surface area contributed by atoms with Crippen molar-refractivity contribution in [2.24, 2.45) is 0 Å². The number of hydrogen-bond acceptors (Lipinski definition) is 3. The van der Waals surface area contributed by atoms with E-state index in [1.54, 1.807) is 0 Å². The van der Waals surface area contributed by atoms with Crippen LogP contribution < -0.4 is 0 Å². The second-order valence-corrected chi connectivity index (χ2v) is 4.74. The van der Waals surface area contributed by atoms with Crippen molar-refractivity contribution in [1.29, 1.82) is 0 Å². The van der Waals surface area contributed by atoms with Crippen LogP contribution in [-0.4, -0.2) is 21.3 Å². The molecule has 1 rings (SSSR count). The fraction of sp³-hybridized carbons (Fsp3) is 0.462. The summed E-state index contributed by atoms with van der Waals surface area (Å²) in [6, 6.07) is 1.45. The van der Waals surface area contributed by atoms with Crippen molar-refractivity contribution in [3.05, 3.63) is 22.8 Å². The van der Waals surface area contributed by atoms with E-state index in [0.717, 1.165) is 5.56 Å². The number of carboxylic acids is 1. The van der Waals surface area contributed by atoms with Crippen LogP contribution in [0.1, 0.15) is 61.0 Å². The van der Waals surface area contributed by atoms with Crippen molar-refractivity contribution in [3.63, 3.8) is 0 Å². The van der Waals surface area contributed by atoms with Gasteiger partial charge in [-0.25, -0.2) is 4.79 Å². The Bertz CT molecular complexity index is 447. The lowest BCUT2D eigenvalue weighted by Gasteiger charge is -2.20. The van der Waals surface area contributed by atoms with E-state index in [4.69, 9.17) is 5.11 Å². The number of phenolic OH excluding ortho intramolecular Hbond substituents is 1. The van der Waals surface area contributed by atoms with Crippen LogP contribution >= 0.6 is 0 Å². The molecule has 0 unspecified atom stereocenters. The number of aromatic hydroxyl groups is 2. The van der Waals surface area contributed by atoms with Crippen LogP contribution in [0.5, 0.6) is 11.5 Å². The van der Waals surface area contributed by atoms with E-state index in [9.17, 15) is 15.0 Å². The lowest BCUT2D eigenvalue weighted by Crippen LogP contribution is -2.09. The second kappa shape index (κ2) is 4.65. The van der Waals surface area contributed by atoms with E-state index in [1.807, 2.05) is 27.7 Å². The molecule has 0 amide bonds. The molecule has 4 heteroatoms. The number of carboxylic acid groups (broad SMARTS) is 1. The molecule has 0 aromatic heterocycles. The van der Waals surface area contributed by atoms with Crippen molar-refractivity contribution in [2.45, 2.75) is 39.5 Å². The Balaban J connectivity index is 3.70. The maximum atomic E-state index is 11.2. The number of benzene rings is 1. The van der Waals surface area contributed by atoms with Gasteiger partial charge in [-0.15, -0.1) is 0 Å². The molecule has 94 valence electrons. The summed E-state index contributed by atoms with van der Waals surface area (Å²) in [5, 5.41) is 28.4.